The fraction of sp³-hybridized carbons (Fsp3) is 0.429. The van der Waals surface area contributed by atoms with Gasteiger partial charge in [0.15, 0.2) is 0 Å². The molecule has 1 rings (SSSR count). The van der Waals surface area contributed by atoms with Crippen molar-refractivity contribution in [1.29, 1.82) is 0 Å². The molecule has 0 radical (unpaired) electrons. The van der Waals surface area contributed by atoms with Gasteiger partial charge in [-0.15, -0.1) is 0 Å². The van der Waals surface area contributed by atoms with Crippen molar-refractivity contribution in [3.8, 4) is 0 Å². The quantitative estimate of drug-likeness (QED) is 0.785. The smallest absolute Gasteiger partial charge is 0.233 e. The van der Waals surface area contributed by atoms with E-state index in [1.54, 1.807) is 24.1 Å². The van der Waals surface area contributed by atoms with Crippen LogP contribution in [0.2, 0.25) is 0 Å². The third-order valence-electron chi connectivity index (χ3n) is 2.64. The molecule has 0 bridgehead atoms. The van der Waals surface area contributed by atoms with E-state index in [1.807, 2.05) is 18.2 Å². The highest BCUT2D eigenvalue weighted by Gasteiger charge is 2.13. The second-order valence-corrected chi connectivity index (χ2v) is 4.26. The van der Waals surface area contributed by atoms with Crippen molar-refractivity contribution in [3.05, 3.63) is 30.3 Å². The van der Waals surface area contributed by atoms with E-state index in [1.165, 1.54) is 0 Å². The fourth-order valence-corrected chi connectivity index (χ4v) is 1.52. The van der Waals surface area contributed by atoms with Gasteiger partial charge in [0, 0.05) is 19.3 Å². The van der Waals surface area contributed by atoms with E-state index >= 15 is 0 Å². The Morgan fingerprint density at radius 2 is 1.89 bits per heavy atom. The van der Waals surface area contributed by atoms with Gasteiger partial charge >= 0.3 is 0 Å². The van der Waals surface area contributed by atoms with Gasteiger partial charge in [0.25, 0.3) is 0 Å². The zero-order valence-corrected chi connectivity index (χ0v) is 11.0. The molecule has 4 heteroatoms. The molecular formula is C14H20N2O2. The second kappa shape index (κ2) is 7.48. The van der Waals surface area contributed by atoms with E-state index in [0.717, 1.165) is 12.8 Å². The van der Waals surface area contributed by atoms with E-state index in [4.69, 9.17) is 0 Å². The van der Waals surface area contributed by atoms with Crippen LogP contribution in [-0.2, 0) is 9.59 Å². The molecule has 0 saturated carbocycles. The predicted molar refractivity (Wildman–Crippen MR) is 72.2 cm³/mol. The van der Waals surface area contributed by atoms with Crippen molar-refractivity contribution < 1.29 is 9.59 Å². The van der Waals surface area contributed by atoms with Crippen molar-refractivity contribution in [2.45, 2.75) is 26.2 Å². The highest BCUT2D eigenvalue weighted by atomic mass is 16.2. The lowest BCUT2D eigenvalue weighted by Gasteiger charge is -2.16. The summed E-state index contributed by atoms with van der Waals surface area (Å²) in [7, 11) is 1.73. The zero-order valence-electron chi connectivity index (χ0n) is 11.0. The van der Waals surface area contributed by atoms with Gasteiger partial charge < -0.3 is 10.2 Å². The minimum atomic E-state index is -0.269. The van der Waals surface area contributed by atoms with Gasteiger partial charge in [0.2, 0.25) is 11.8 Å². The average Bonchev–Trinajstić information content (AvgIpc) is 2.36. The van der Waals surface area contributed by atoms with Gasteiger partial charge in [-0.1, -0.05) is 31.5 Å². The van der Waals surface area contributed by atoms with Crippen molar-refractivity contribution in [3.63, 3.8) is 0 Å². The van der Waals surface area contributed by atoms with Crippen LogP contribution in [0.15, 0.2) is 30.3 Å². The van der Waals surface area contributed by atoms with E-state index in [2.05, 4.69) is 12.2 Å². The highest BCUT2D eigenvalue weighted by molar-refractivity contribution is 6.03. The number of carbonyl (C=O) groups is 2. The normalized spacial score (nSPS) is 9.89. The van der Waals surface area contributed by atoms with Gasteiger partial charge in [-0.05, 0) is 18.6 Å². The number of unbranched alkanes of at least 4 members (excludes halogenated alkanes) is 1. The minimum absolute atomic E-state index is 0.102. The van der Waals surface area contributed by atoms with Crippen molar-refractivity contribution in [2.75, 3.05) is 18.9 Å². The third kappa shape index (κ3) is 4.99. The third-order valence-corrected chi connectivity index (χ3v) is 2.64. The maximum absolute atomic E-state index is 11.7. The summed E-state index contributed by atoms with van der Waals surface area (Å²) in [6.45, 7) is 2.77. The Morgan fingerprint density at radius 1 is 1.22 bits per heavy atom. The summed E-state index contributed by atoms with van der Waals surface area (Å²) in [5, 5.41) is 2.70. The maximum Gasteiger partial charge on any atom is 0.233 e. The Morgan fingerprint density at radius 3 is 2.50 bits per heavy atom. The number of amides is 2. The monoisotopic (exact) mass is 248 g/mol. The van der Waals surface area contributed by atoms with Gasteiger partial charge in [0.1, 0.15) is 6.42 Å². The number of anilines is 1. The van der Waals surface area contributed by atoms with Gasteiger partial charge in [-0.3, -0.25) is 9.59 Å². The molecule has 2 amide bonds. The molecule has 0 spiro atoms. The van der Waals surface area contributed by atoms with Crippen LogP contribution in [0.3, 0.4) is 0 Å². The number of nitrogens with one attached hydrogen (secondary N) is 1. The average molecular weight is 248 g/mol. The molecule has 1 aromatic carbocycles. The van der Waals surface area contributed by atoms with Crippen molar-refractivity contribution in [1.82, 2.24) is 4.90 Å². The molecule has 4 nitrogen and oxygen atoms in total. The molecule has 0 aliphatic heterocycles. The molecule has 18 heavy (non-hydrogen) atoms. The summed E-state index contributed by atoms with van der Waals surface area (Å²) in [6.07, 6.45) is 1.89. The summed E-state index contributed by atoms with van der Waals surface area (Å²) in [4.78, 5) is 25.0. The standard InChI is InChI=1S/C14H20N2O2/c1-3-4-10-16(2)14(18)11-13(17)15-12-8-6-5-7-9-12/h5-9H,3-4,10-11H2,1-2H3,(H,15,17). The lowest BCUT2D eigenvalue weighted by molar-refractivity contribution is -0.133. The number of benzene rings is 1. The zero-order chi connectivity index (χ0) is 13.4. The largest absolute Gasteiger partial charge is 0.345 e. The van der Waals surface area contributed by atoms with Gasteiger partial charge in [0.05, 0.1) is 0 Å². The van der Waals surface area contributed by atoms with Crippen molar-refractivity contribution in [2.24, 2.45) is 0 Å². The number of nitrogens with zero attached hydrogens (tertiary/aromatic N) is 1. The molecule has 0 unspecified atom stereocenters. The molecule has 0 aliphatic rings. The van der Waals surface area contributed by atoms with Gasteiger partial charge in [-0.25, -0.2) is 0 Å². The van der Waals surface area contributed by atoms with E-state index in [-0.39, 0.29) is 18.2 Å². The molecule has 1 N–H and O–H groups in total. The minimum Gasteiger partial charge on any atom is -0.345 e. The number of hydrogen-bond acceptors (Lipinski definition) is 2. The Labute approximate surface area is 108 Å². The van der Waals surface area contributed by atoms with Crippen LogP contribution in [0, 0.1) is 0 Å². The lowest BCUT2D eigenvalue weighted by Crippen LogP contribution is -2.31. The molecule has 0 atom stereocenters. The summed E-state index contributed by atoms with van der Waals surface area (Å²) >= 11 is 0. The van der Waals surface area contributed by atoms with Crippen molar-refractivity contribution >= 4 is 17.5 Å². The molecule has 0 fully saturated rings. The number of para-hydroxylation sites is 1. The SMILES string of the molecule is CCCCN(C)C(=O)CC(=O)Nc1ccccc1. The van der Waals surface area contributed by atoms with Crippen LogP contribution in [0.25, 0.3) is 0 Å². The predicted octanol–water partition coefficient (Wildman–Crippen LogP) is 2.27. The van der Waals surface area contributed by atoms with E-state index in [0.29, 0.717) is 12.2 Å². The first-order chi connectivity index (χ1) is 8.63. The van der Waals surface area contributed by atoms with Crippen LogP contribution in [-0.4, -0.2) is 30.3 Å². The molecule has 98 valence electrons. The van der Waals surface area contributed by atoms with Gasteiger partial charge in [-0.2, -0.15) is 0 Å². The molecular weight excluding hydrogens is 228 g/mol. The molecule has 0 aliphatic carbocycles. The Kier molecular flexibility index (Phi) is 5.91. The summed E-state index contributed by atoms with van der Waals surface area (Å²) in [6, 6.07) is 9.14. The topological polar surface area (TPSA) is 49.4 Å². The lowest BCUT2D eigenvalue weighted by atomic mass is 10.2. The van der Waals surface area contributed by atoms with E-state index < -0.39 is 0 Å². The van der Waals surface area contributed by atoms with Crippen LogP contribution in [0.5, 0.6) is 0 Å². The summed E-state index contributed by atoms with van der Waals surface area (Å²) in [5.41, 5.74) is 0.714. The summed E-state index contributed by atoms with van der Waals surface area (Å²) in [5.74, 6) is -0.411. The highest BCUT2D eigenvalue weighted by Crippen LogP contribution is 2.06. The first-order valence-corrected chi connectivity index (χ1v) is 6.22. The Hall–Kier alpha value is -1.84. The molecule has 1 aromatic rings. The molecule has 0 heterocycles. The fourth-order valence-electron chi connectivity index (χ4n) is 1.52. The summed E-state index contributed by atoms with van der Waals surface area (Å²) < 4.78 is 0. The Balaban J connectivity index is 2.38. The second-order valence-electron chi connectivity index (χ2n) is 4.26. The first kappa shape index (κ1) is 14.2. The number of hydrogen-bond donors (Lipinski definition) is 1. The van der Waals surface area contributed by atoms with Crippen LogP contribution in [0.1, 0.15) is 26.2 Å². The molecule has 0 aromatic heterocycles. The van der Waals surface area contributed by atoms with E-state index in [9.17, 15) is 9.59 Å². The number of rotatable bonds is 6. The first-order valence-electron chi connectivity index (χ1n) is 6.22. The van der Waals surface area contributed by atoms with Crippen LogP contribution < -0.4 is 5.32 Å². The van der Waals surface area contributed by atoms with Crippen LogP contribution in [0.4, 0.5) is 5.69 Å². The number of carbonyl (C=O) groups excluding carboxylic acids is 2. The maximum atomic E-state index is 11.7. The van der Waals surface area contributed by atoms with Crippen LogP contribution >= 0.6 is 0 Å². The molecule has 0 saturated heterocycles. The Bertz CT molecular complexity index is 390.